The minimum Gasteiger partial charge on any atom is -0.477 e. The number of nitrogens with one attached hydrogen (secondary N) is 1. The number of para-hydroxylation sites is 2. The molecule has 0 aromatic heterocycles. The average molecular weight is 352 g/mol. The van der Waals surface area contributed by atoms with Gasteiger partial charge in [-0.25, -0.2) is 0 Å². The van der Waals surface area contributed by atoms with Crippen LogP contribution in [0, 0.1) is 0 Å². The van der Waals surface area contributed by atoms with Crippen molar-refractivity contribution in [1.29, 1.82) is 0 Å². The van der Waals surface area contributed by atoms with E-state index in [0.717, 1.165) is 17.7 Å². The number of anilines is 1. The van der Waals surface area contributed by atoms with E-state index in [9.17, 15) is 9.59 Å². The zero-order valence-corrected chi connectivity index (χ0v) is 15.0. The van der Waals surface area contributed by atoms with Gasteiger partial charge in [-0.1, -0.05) is 49.4 Å². The quantitative estimate of drug-likeness (QED) is 0.870. The topological polar surface area (TPSA) is 58.6 Å². The van der Waals surface area contributed by atoms with Crippen LogP contribution in [0.15, 0.2) is 54.6 Å². The molecule has 0 saturated carbocycles. The Kier molecular flexibility index (Phi) is 5.89. The molecule has 2 aromatic carbocycles. The molecular formula is C21H24N2O3. The number of nitrogens with zero attached hydrogens (tertiary/aromatic N) is 1. The number of aryl methyl sites for hydroxylation is 1. The van der Waals surface area contributed by atoms with Crippen molar-refractivity contribution in [2.24, 2.45) is 0 Å². The van der Waals surface area contributed by atoms with Crippen LogP contribution in [-0.4, -0.2) is 31.0 Å². The van der Waals surface area contributed by atoms with Gasteiger partial charge in [0, 0.05) is 13.0 Å². The number of hydrogen-bond donors (Lipinski definition) is 1. The lowest BCUT2D eigenvalue weighted by Crippen LogP contribution is -2.50. The van der Waals surface area contributed by atoms with Crippen molar-refractivity contribution in [3.63, 3.8) is 0 Å². The number of amides is 2. The molecule has 1 atom stereocenters. The van der Waals surface area contributed by atoms with Gasteiger partial charge in [0.05, 0.1) is 12.2 Å². The molecule has 0 bridgehead atoms. The molecule has 0 fully saturated rings. The lowest BCUT2D eigenvalue weighted by Gasteiger charge is -2.34. The van der Waals surface area contributed by atoms with Crippen LogP contribution in [-0.2, 0) is 16.0 Å². The van der Waals surface area contributed by atoms with Crippen LogP contribution in [0.1, 0.15) is 25.3 Å². The maximum atomic E-state index is 12.9. The van der Waals surface area contributed by atoms with Gasteiger partial charge in [-0.3, -0.25) is 9.59 Å². The first kappa shape index (κ1) is 18.0. The second-order valence-corrected chi connectivity index (χ2v) is 6.36. The maximum Gasteiger partial charge on any atom is 0.262 e. The molecule has 2 amide bonds. The van der Waals surface area contributed by atoms with Crippen molar-refractivity contribution in [2.75, 3.05) is 18.0 Å². The molecule has 1 N–H and O–H groups in total. The Morgan fingerprint density at radius 2 is 1.85 bits per heavy atom. The molecule has 5 nitrogen and oxygen atoms in total. The fourth-order valence-corrected chi connectivity index (χ4v) is 3.00. The van der Waals surface area contributed by atoms with E-state index in [1.807, 2.05) is 55.5 Å². The smallest absolute Gasteiger partial charge is 0.262 e. The Bertz CT molecular complexity index is 761. The van der Waals surface area contributed by atoms with Gasteiger partial charge < -0.3 is 15.0 Å². The summed E-state index contributed by atoms with van der Waals surface area (Å²) >= 11 is 0. The number of carbonyl (C=O) groups excluding carboxylic acids is 2. The second kappa shape index (κ2) is 8.52. The van der Waals surface area contributed by atoms with E-state index in [-0.39, 0.29) is 18.4 Å². The van der Waals surface area contributed by atoms with E-state index in [4.69, 9.17) is 4.74 Å². The Hall–Kier alpha value is -2.82. The fourth-order valence-electron chi connectivity index (χ4n) is 3.00. The lowest BCUT2D eigenvalue weighted by atomic mass is 10.1. The summed E-state index contributed by atoms with van der Waals surface area (Å²) in [6.07, 6.45) is 1.24. The molecule has 0 aliphatic carbocycles. The Morgan fingerprint density at radius 1 is 1.12 bits per heavy atom. The fraction of sp³-hybridized carbons (Fsp3) is 0.333. The van der Waals surface area contributed by atoms with Crippen molar-refractivity contribution in [3.8, 4) is 5.75 Å². The van der Waals surface area contributed by atoms with Gasteiger partial charge >= 0.3 is 0 Å². The summed E-state index contributed by atoms with van der Waals surface area (Å²) < 4.78 is 5.83. The molecule has 2 aromatic rings. The molecule has 0 saturated heterocycles. The van der Waals surface area contributed by atoms with Crippen molar-refractivity contribution in [3.05, 3.63) is 60.2 Å². The van der Waals surface area contributed by atoms with Crippen LogP contribution in [0.5, 0.6) is 5.75 Å². The molecule has 1 heterocycles. The Labute approximate surface area is 154 Å². The van der Waals surface area contributed by atoms with E-state index < -0.39 is 6.10 Å². The largest absolute Gasteiger partial charge is 0.477 e. The molecule has 1 aliphatic heterocycles. The highest BCUT2D eigenvalue weighted by Gasteiger charge is 2.33. The molecule has 5 heteroatoms. The molecule has 1 aliphatic rings. The predicted molar refractivity (Wildman–Crippen MR) is 101 cm³/mol. The summed E-state index contributed by atoms with van der Waals surface area (Å²) in [5, 5.41) is 2.85. The Balaban J connectivity index is 1.73. The normalized spacial score (nSPS) is 15.7. The highest BCUT2D eigenvalue weighted by atomic mass is 16.5. The van der Waals surface area contributed by atoms with E-state index in [0.29, 0.717) is 25.1 Å². The highest BCUT2D eigenvalue weighted by molar-refractivity contribution is 5.97. The van der Waals surface area contributed by atoms with Crippen LogP contribution < -0.4 is 15.0 Å². The summed E-state index contributed by atoms with van der Waals surface area (Å²) in [5.74, 6) is 0.392. The SMILES string of the molecule is CCCNC(=O)[C@H]1CN(C(=O)CCc2ccccc2)c2ccccc2O1. The van der Waals surface area contributed by atoms with Crippen LogP contribution in [0.25, 0.3) is 0 Å². The summed E-state index contributed by atoms with van der Waals surface area (Å²) in [7, 11) is 0. The second-order valence-electron chi connectivity index (χ2n) is 6.36. The van der Waals surface area contributed by atoms with Crippen molar-refractivity contribution in [2.45, 2.75) is 32.3 Å². The third kappa shape index (κ3) is 4.23. The summed E-state index contributed by atoms with van der Waals surface area (Å²) in [6.45, 7) is 2.83. The third-order valence-corrected chi connectivity index (χ3v) is 4.39. The van der Waals surface area contributed by atoms with Crippen LogP contribution >= 0.6 is 0 Å². The number of fused-ring (bicyclic) bond motifs is 1. The third-order valence-electron chi connectivity index (χ3n) is 4.39. The van der Waals surface area contributed by atoms with Crippen LogP contribution in [0.3, 0.4) is 0 Å². The van der Waals surface area contributed by atoms with Gasteiger partial charge in [0.25, 0.3) is 5.91 Å². The summed E-state index contributed by atoms with van der Waals surface area (Å²) in [6, 6.07) is 17.3. The molecule has 136 valence electrons. The first-order chi connectivity index (χ1) is 12.7. The zero-order valence-electron chi connectivity index (χ0n) is 15.0. The van der Waals surface area contributed by atoms with E-state index in [1.165, 1.54) is 0 Å². The first-order valence-corrected chi connectivity index (χ1v) is 9.06. The number of ether oxygens (including phenoxy) is 1. The van der Waals surface area contributed by atoms with Crippen molar-refractivity contribution in [1.82, 2.24) is 5.32 Å². The molecule has 26 heavy (non-hydrogen) atoms. The minimum absolute atomic E-state index is 0.00195. The molecule has 0 radical (unpaired) electrons. The van der Waals surface area contributed by atoms with Gasteiger partial charge in [-0.15, -0.1) is 0 Å². The van der Waals surface area contributed by atoms with Crippen LogP contribution in [0.4, 0.5) is 5.69 Å². The average Bonchev–Trinajstić information content (AvgIpc) is 2.70. The molecular weight excluding hydrogens is 328 g/mol. The number of carbonyl (C=O) groups is 2. The van der Waals surface area contributed by atoms with Gasteiger partial charge in [-0.05, 0) is 30.5 Å². The standard InChI is InChI=1S/C21H24N2O3/c1-2-14-22-21(25)19-15-23(17-10-6-7-11-18(17)26-19)20(24)13-12-16-8-4-3-5-9-16/h3-11,19H,2,12-15H2,1H3,(H,22,25)/t19-/m1/s1. The van der Waals surface area contributed by atoms with Crippen LogP contribution in [0.2, 0.25) is 0 Å². The van der Waals surface area contributed by atoms with E-state index in [2.05, 4.69) is 5.32 Å². The first-order valence-electron chi connectivity index (χ1n) is 9.06. The maximum absolute atomic E-state index is 12.9. The number of hydrogen-bond acceptors (Lipinski definition) is 3. The number of benzene rings is 2. The molecule has 0 spiro atoms. The lowest BCUT2D eigenvalue weighted by molar-refractivity contribution is -0.128. The Morgan fingerprint density at radius 3 is 2.62 bits per heavy atom. The van der Waals surface area contributed by atoms with E-state index >= 15 is 0 Å². The predicted octanol–water partition coefficient (Wildman–Crippen LogP) is 2.94. The zero-order chi connectivity index (χ0) is 18.4. The van der Waals surface area contributed by atoms with E-state index in [1.54, 1.807) is 11.0 Å². The minimum atomic E-state index is -0.683. The van der Waals surface area contributed by atoms with Gasteiger partial charge in [0.15, 0.2) is 6.10 Å². The highest BCUT2D eigenvalue weighted by Crippen LogP contribution is 2.33. The van der Waals surface area contributed by atoms with Crippen molar-refractivity contribution >= 4 is 17.5 Å². The van der Waals surface area contributed by atoms with Crippen molar-refractivity contribution < 1.29 is 14.3 Å². The summed E-state index contributed by atoms with van der Waals surface area (Å²) in [5.41, 5.74) is 1.85. The van der Waals surface area contributed by atoms with Gasteiger partial charge in [0.1, 0.15) is 5.75 Å². The molecule has 3 rings (SSSR count). The van der Waals surface area contributed by atoms with Gasteiger partial charge in [0.2, 0.25) is 5.91 Å². The number of rotatable bonds is 6. The monoisotopic (exact) mass is 352 g/mol. The molecule has 0 unspecified atom stereocenters. The summed E-state index contributed by atoms with van der Waals surface area (Å²) in [4.78, 5) is 26.9. The van der Waals surface area contributed by atoms with Gasteiger partial charge in [-0.2, -0.15) is 0 Å².